The number of aliphatic imine (C=N–C) groups is 2. The number of anilines is 2. The molecule has 0 atom stereocenters. The summed E-state index contributed by atoms with van der Waals surface area (Å²) in [7, 11) is 0. The normalized spacial score (nSPS) is 9.25. The molecule has 0 amide bonds. The van der Waals surface area contributed by atoms with Gasteiger partial charge in [-0.25, -0.2) is 0 Å². The minimum absolute atomic E-state index is 0.0635. The van der Waals surface area contributed by atoms with E-state index in [1.165, 1.54) is 0 Å². The molecule has 2 rings (SSSR count). The van der Waals surface area contributed by atoms with Crippen molar-refractivity contribution in [2.75, 3.05) is 5.32 Å². The smallest absolute Gasteiger partial charge is 0.265 e. The van der Waals surface area contributed by atoms with E-state index >= 15 is 0 Å². The van der Waals surface area contributed by atoms with Gasteiger partial charge in [0.2, 0.25) is 5.95 Å². The number of isothiocyanates is 2. The molecule has 0 unspecified atom stereocenters. The van der Waals surface area contributed by atoms with Crippen molar-refractivity contribution in [2.45, 2.75) is 0 Å². The molecular formula is C11H5ClN6S2. The first-order valence-corrected chi connectivity index (χ1v) is 6.36. The monoisotopic (exact) mass is 320 g/mol. The predicted octanol–water partition coefficient (Wildman–Crippen LogP) is 3.74. The highest BCUT2D eigenvalue weighted by Gasteiger charge is 2.07. The second-order valence-electron chi connectivity index (χ2n) is 3.27. The molecule has 0 radical (unpaired) electrons. The lowest BCUT2D eigenvalue weighted by Crippen LogP contribution is -1.99. The van der Waals surface area contributed by atoms with Gasteiger partial charge in [-0.3, -0.25) is 0 Å². The van der Waals surface area contributed by atoms with E-state index in [0.29, 0.717) is 10.7 Å². The summed E-state index contributed by atoms with van der Waals surface area (Å²) in [4.78, 5) is 19.3. The second kappa shape index (κ2) is 6.91. The molecule has 1 N–H and O–H groups in total. The molecule has 0 spiro atoms. The highest BCUT2D eigenvalue weighted by molar-refractivity contribution is 7.78. The number of benzene rings is 1. The van der Waals surface area contributed by atoms with Crippen molar-refractivity contribution in [1.29, 1.82) is 0 Å². The van der Waals surface area contributed by atoms with E-state index in [2.05, 4.69) is 65.0 Å². The molecule has 0 bridgehead atoms. The Morgan fingerprint density at radius 2 is 1.60 bits per heavy atom. The van der Waals surface area contributed by atoms with E-state index in [9.17, 15) is 0 Å². The quantitative estimate of drug-likeness (QED) is 0.683. The van der Waals surface area contributed by atoms with Crippen LogP contribution in [0.4, 0.5) is 23.5 Å². The SMILES string of the molecule is S=C=Nc1nc(N=C=S)nc(Nc2ccccc2Cl)n1. The van der Waals surface area contributed by atoms with Gasteiger partial charge in [0.1, 0.15) is 0 Å². The third-order valence-electron chi connectivity index (χ3n) is 2.02. The summed E-state index contributed by atoms with van der Waals surface area (Å²) in [6.07, 6.45) is 0. The average molecular weight is 321 g/mol. The number of hydrogen-bond acceptors (Lipinski definition) is 8. The molecule has 0 saturated heterocycles. The van der Waals surface area contributed by atoms with E-state index in [1.807, 2.05) is 12.1 Å². The number of nitrogens with one attached hydrogen (secondary N) is 1. The van der Waals surface area contributed by atoms with E-state index in [-0.39, 0.29) is 17.8 Å². The largest absolute Gasteiger partial charge is 0.323 e. The minimum Gasteiger partial charge on any atom is -0.323 e. The van der Waals surface area contributed by atoms with Crippen LogP contribution in [-0.2, 0) is 0 Å². The van der Waals surface area contributed by atoms with Crippen molar-refractivity contribution in [3.8, 4) is 0 Å². The molecule has 1 heterocycles. The summed E-state index contributed by atoms with van der Waals surface area (Å²) in [6.45, 7) is 0. The van der Waals surface area contributed by atoms with Crippen LogP contribution in [0, 0.1) is 0 Å². The Morgan fingerprint density at radius 1 is 1.00 bits per heavy atom. The van der Waals surface area contributed by atoms with Gasteiger partial charge in [-0.05, 0) is 36.6 Å². The fourth-order valence-electron chi connectivity index (χ4n) is 1.27. The van der Waals surface area contributed by atoms with Crippen LogP contribution in [0.5, 0.6) is 0 Å². The maximum absolute atomic E-state index is 6.04. The summed E-state index contributed by atoms with van der Waals surface area (Å²) >= 11 is 15.1. The van der Waals surface area contributed by atoms with Crippen LogP contribution in [0.25, 0.3) is 0 Å². The molecule has 98 valence electrons. The van der Waals surface area contributed by atoms with Gasteiger partial charge in [0, 0.05) is 0 Å². The molecule has 20 heavy (non-hydrogen) atoms. The maximum atomic E-state index is 6.04. The average Bonchev–Trinajstić information content (AvgIpc) is 2.42. The fourth-order valence-corrected chi connectivity index (χ4v) is 1.62. The highest BCUT2D eigenvalue weighted by atomic mass is 35.5. The van der Waals surface area contributed by atoms with Gasteiger partial charge < -0.3 is 5.32 Å². The van der Waals surface area contributed by atoms with E-state index in [1.54, 1.807) is 12.1 Å². The van der Waals surface area contributed by atoms with Crippen LogP contribution in [0.2, 0.25) is 5.02 Å². The molecule has 0 aliphatic carbocycles. The first-order valence-electron chi connectivity index (χ1n) is 5.16. The van der Waals surface area contributed by atoms with Crippen LogP contribution < -0.4 is 5.32 Å². The lowest BCUT2D eigenvalue weighted by atomic mass is 10.3. The summed E-state index contributed by atoms with van der Waals surface area (Å²) in [5.74, 6) is 0.336. The van der Waals surface area contributed by atoms with Crippen molar-refractivity contribution in [2.24, 2.45) is 9.98 Å². The van der Waals surface area contributed by atoms with Crippen molar-refractivity contribution < 1.29 is 0 Å². The summed E-state index contributed by atoms with van der Waals surface area (Å²) < 4.78 is 0. The first-order chi connectivity index (χ1) is 9.72. The van der Waals surface area contributed by atoms with Gasteiger partial charge in [0.05, 0.1) is 21.0 Å². The molecule has 1 aromatic carbocycles. The number of halogens is 1. The first kappa shape index (κ1) is 14.3. The molecule has 0 aliphatic heterocycles. The summed E-state index contributed by atoms with van der Waals surface area (Å²) in [5, 5.41) is 7.79. The summed E-state index contributed by atoms with van der Waals surface area (Å²) in [5.41, 5.74) is 0.634. The Kier molecular flexibility index (Phi) is 4.95. The van der Waals surface area contributed by atoms with Gasteiger partial charge in [-0.2, -0.15) is 24.9 Å². The van der Waals surface area contributed by atoms with Crippen molar-refractivity contribution in [1.82, 2.24) is 15.0 Å². The number of aromatic nitrogens is 3. The zero-order chi connectivity index (χ0) is 14.4. The van der Waals surface area contributed by atoms with Crippen LogP contribution in [0.3, 0.4) is 0 Å². The number of para-hydroxylation sites is 1. The molecule has 0 saturated carbocycles. The molecular weight excluding hydrogens is 316 g/mol. The number of hydrogen-bond donors (Lipinski definition) is 1. The van der Waals surface area contributed by atoms with Crippen LogP contribution in [0.15, 0.2) is 34.3 Å². The zero-order valence-corrected chi connectivity index (χ0v) is 12.1. The van der Waals surface area contributed by atoms with Gasteiger partial charge >= 0.3 is 0 Å². The van der Waals surface area contributed by atoms with Crippen molar-refractivity contribution >= 4 is 69.9 Å². The van der Waals surface area contributed by atoms with E-state index < -0.39 is 0 Å². The zero-order valence-electron chi connectivity index (χ0n) is 9.74. The third kappa shape index (κ3) is 3.71. The number of thiocarbonyl (C=S) groups is 2. The predicted molar refractivity (Wildman–Crippen MR) is 83.9 cm³/mol. The van der Waals surface area contributed by atoms with Gasteiger partial charge in [0.25, 0.3) is 11.9 Å². The van der Waals surface area contributed by atoms with Crippen LogP contribution >= 0.6 is 36.0 Å². The lowest BCUT2D eigenvalue weighted by molar-refractivity contribution is 1.04. The molecule has 9 heteroatoms. The molecule has 0 fully saturated rings. The van der Waals surface area contributed by atoms with Crippen molar-refractivity contribution in [3.63, 3.8) is 0 Å². The van der Waals surface area contributed by atoms with Gasteiger partial charge in [-0.1, -0.05) is 23.7 Å². The maximum Gasteiger partial charge on any atom is 0.265 e. The Hall–Kier alpha value is -2.08. The molecule has 6 nitrogen and oxygen atoms in total. The van der Waals surface area contributed by atoms with Crippen LogP contribution in [0.1, 0.15) is 0 Å². The number of nitrogens with zero attached hydrogens (tertiary/aromatic N) is 5. The standard InChI is InChI=1S/C11H5ClN6S2/c12-7-3-1-2-4-8(7)15-11-17-9(13-5-19)16-10(18-11)14-6-20/h1-4H,(H,15,16,17,18). The highest BCUT2D eigenvalue weighted by Crippen LogP contribution is 2.24. The fraction of sp³-hybridized carbons (Fsp3) is 0. The molecule has 0 aliphatic rings. The Morgan fingerprint density at radius 3 is 2.15 bits per heavy atom. The number of rotatable bonds is 4. The molecule has 2 aromatic rings. The minimum atomic E-state index is 0.0635. The third-order valence-corrected chi connectivity index (χ3v) is 2.54. The van der Waals surface area contributed by atoms with Gasteiger partial charge in [0.15, 0.2) is 0 Å². The Bertz CT molecular complexity index is 701. The van der Waals surface area contributed by atoms with Crippen LogP contribution in [-0.4, -0.2) is 25.3 Å². The second-order valence-corrected chi connectivity index (χ2v) is 4.04. The topological polar surface area (TPSA) is 75.4 Å². The van der Waals surface area contributed by atoms with E-state index in [4.69, 9.17) is 11.6 Å². The van der Waals surface area contributed by atoms with Gasteiger partial charge in [-0.15, -0.1) is 0 Å². The Balaban J connectivity index is 2.43. The summed E-state index contributed by atoms with van der Waals surface area (Å²) in [6, 6.07) is 7.14. The van der Waals surface area contributed by atoms with Crippen molar-refractivity contribution in [3.05, 3.63) is 29.3 Å². The lowest BCUT2D eigenvalue weighted by Gasteiger charge is -2.06. The van der Waals surface area contributed by atoms with E-state index in [0.717, 1.165) is 0 Å². The molecule has 1 aromatic heterocycles. The Labute approximate surface area is 129 Å².